The molecule has 1 heteroatoms. The number of rotatable bonds is 3. The van der Waals surface area contributed by atoms with Gasteiger partial charge in [0.25, 0.3) is 0 Å². The van der Waals surface area contributed by atoms with E-state index in [0.717, 1.165) is 0 Å². The van der Waals surface area contributed by atoms with Crippen LogP contribution in [0.3, 0.4) is 0 Å². The van der Waals surface area contributed by atoms with E-state index in [1.54, 1.807) is 0 Å². The molecule has 0 N–H and O–H groups in total. The standard InChI is InChI=1S/C50H30S/c1-3-16-37-31(11-1)13-10-22-39(37)48-42-20-7-5-18-40(42)47(41-19-6-8-21-43(41)48)36-15-9-14-34(29-36)35-24-23-33-26-28-45-44-27-25-32-12-2-4-17-38(32)49(44)51-50(45)46(33)30-35/h1-30H. The monoisotopic (exact) mass is 662 g/mol. The topological polar surface area (TPSA) is 0 Å². The molecule has 0 saturated heterocycles. The van der Waals surface area contributed by atoms with Gasteiger partial charge < -0.3 is 0 Å². The first-order valence-electron chi connectivity index (χ1n) is 17.6. The van der Waals surface area contributed by atoms with Crippen LogP contribution in [0.15, 0.2) is 182 Å². The number of hydrogen-bond donors (Lipinski definition) is 0. The second-order valence-corrected chi connectivity index (χ2v) is 14.6. The Kier molecular flexibility index (Phi) is 6.22. The first-order valence-corrected chi connectivity index (χ1v) is 18.4. The predicted molar refractivity (Wildman–Crippen MR) is 223 cm³/mol. The van der Waals surface area contributed by atoms with Gasteiger partial charge in [-0.15, -0.1) is 11.3 Å². The molecule has 0 fully saturated rings. The van der Waals surface area contributed by atoms with Crippen molar-refractivity contribution in [3.8, 4) is 33.4 Å². The van der Waals surface area contributed by atoms with Crippen LogP contribution in [0.1, 0.15) is 0 Å². The summed E-state index contributed by atoms with van der Waals surface area (Å²) in [6, 6.07) is 67.4. The lowest BCUT2D eigenvalue weighted by atomic mass is 9.84. The summed E-state index contributed by atoms with van der Waals surface area (Å²) in [5, 5.41) is 15.5. The molecule has 0 amide bonds. The Labute approximate surface area is 299 Å². The Balaban J connectivity index is 1.13. The predicted octanol–water partition coefficient (Wildman–Crippen LogP) is 14.8. The molecule has 0 aliphatic rings. The largest absolute Gasteiger partial charge is 0.134 e. The first-order chi connectivity index (χ1) is 25.3. The van der Waals surface area contributed by atoms with E-state index in [1.807, 2.05) is 11.3 Å². The number of thiophene rings is 1. The molecule has 1 aromatic heterocycles. The Morgan fingerprint density at radius 2 is 0.725 bits per heavy atom. The van der Waals surface area contributed by atoms with Crippen molar-refractivity contribution in [2.45, 2.75) is 0 Å². The third kappa shape index (κ3) is 4.32. The third-order valence-corrected chi connectivity index (χ3v) is 12.1. The summed E-state index contributed by atoms with van der Waals surface area (Å²) >= 11 is 1.93. The maximum Gasteiger partial charge on any atom is 0.0434 e. The van der Waals surface area contributed by atoms with Gasteiger partial charge in [0.05, 0.1) is 0 Å². The van der Waals surface area contributed by atoms with Gasteiger partial charge in [-0.1, -0.05) is 170 Å². The molecule has 0 bridgehead atoms. The van der Waals surface area contributed by atoms with Crippen LogP contribution in [-0.4, -0.2) is 0 Å². The molecule has 11 rings (SSSR count). The lowest BCUT2D eigenvalue weighted by Crippen LogP contribution is -1.92. The molecule has 10 aromatic carbocycles. The highest BCUT2D eigenvalue weighted by Crippen LogP contribution is 2.46. The van der Waals surface area contributed by atoms with Crippen LogP contribution in [0.25, 0.3) is 107 Å². The quantitative estimate of drug-likeness (QED) is 0.165. The highest BCUT2D eigenvalue weighted by molar-refractivity contribution is 7.27. The van der Waals surface area contributed by atoms with Gasteiger partial charge >= 0.3 is 0 Å². The lowest BCUT2D eigenvalue weighted by Gasteiger charge is -2.19. The molecule has 0 spiro atoms. The average Bonchev–Trinajstić information content (AvgIpc) is 3.60. The zero-order valence-electron chi connectivity index (χ0n) is 27.7. The minimum Gasteiger partial charge on any atom is -0.134 e. The van der Waals surface area contributed by atoms with Crippen molar-refractivity contribution >= 4 is 85.4 Å². The van der Waals surface area contributed by atoms with Crippen molar-refractivity contribution in [1.29, 1.82) is 0 Å². The zero-order valence-corrected chi connectivity index (χ0v) is 28.5. The summed E-state index contributed by atoms with van der Waals surface area (Å²) in [6.07, 6.45) is 0. The fourth-order valence-corrected chi connectivity index (χ4v) is 9.85. The molecule has 1 heterocycles. The van der Waals surface area contributed by atoms with Gasteiger partial charge in [0.15, 0.2) is 0 Å². The van der Waals surface area contributed by atoms with Crippen LogP contribution in [0, 0.1) is 0 Å². The number of fused-ring (bicyclic) bond motifs is 10. The van der Waals surface area contributed by atoms with Crippen molar-refractivity contribution < 1.29 is 0 Å². The Bertz CT molecular complexity index is 3130. The van der Waals surface area contributed by atoms with Gasteiger partial charge in [0.2, 0.25) is 0 Å². The van der Waals surface area contributed by atoms with Crippen LogP contribution in [0.2, 0.25) is 0 Å². The van der Waals surface area contributed by atoms with Crippen molar-refractivity contribution in [2.75, 3.05) is 0 Å². The molecule has 51 heavy (non-hydrogen) atoms. The molecule has 0 radical (unpaired) electrons. The van der Waals surface area contributed by atoms with Gasteiger partial charge in [0, 0.05) is 25.6 Å². The lowest BCUT2D eigenvalue weighted by molar-refractivity contribution is 1.63. The molecule has 0 saturated carbocycles. The van der Waals surface area contributed by atoms with E-state index in [2.05, 4.69) is 182 Å². The highest BCUT2D eigenvalue weighted by atomic mass is 32.1. The average molecular weight is 663 g/mol. The molecule has 0 nitrogen and oxygen atoms in total. The normalized spacial score (nSPS) is 11.9. The summed E-state index contributed by atoms with van der Waals surface area (Å²) in [4.78, 5) is 0. The third-order valence-electron chi connectivity index (χ3n) is 10.8. The van der Waals surface area contributed by atoms with Crippen molar-refractivity contribution in [3.63, 3.8) is 0 Å². The van der Waals surface area contributed by atoms with Gasteiger partial charge in [-0.2, -0.15) is 0 Å². The molecule has 0 atom stereocenters. The van der Waals surface area contributed by atoms with Crippen LogP contribution in [0.5, 0.6) is 0 Å². The van der Waals surface area contributed by atoms with E-state index in [0.29, 0.717) is 0 Å². The zero-order chi connectivity index (χ0) is 33.5. The molecule has 0 aliphatic heterocycles. The summed E-state index contributed by atoms with van der Waals surface area (Å²) < 4.78 is 2.73. The van der Waals surface area contributed by atoms with Gasteiger partial charge in [-0.05, 0) is 94.0 Å². The molecular weight excluding hydrogens is 633 g/mol. The Morgan fingerprint density at radius 1 is 0.255 bits per heavy atom. The fraction of sp³-hybridized carbons (Fsp3) is 0. The molecule has 0 unspecified atom stereocenters. The fourth-order valence-electron chi connectivity index (χ4n) is 8.49. The Morgan fingerprint density at radius 3 is 1.43 bits per heavy atom. The second kappa shape index (κ2) is 11.1. The number of hydrogen-bond acceptors (Lipinski definition) is 1. The van der Waals surface area contributed by atoms with Gasteiger partial charge in [0.1, 0.15) is 0 Å². The summed E-state index contributed by atoms with van der Waals surface area (Å²) in [5.74, 6) is 0. The highest BCUT2D eigenvalue weighted by Gasteiger charge is 2.18. The SMILES string of the molecule is c1cc(-c2ccc3ccc4c5ccc6ccccc6c5sc4c3c2)cc(-c2c3ccccc3c(-c3cccc4ccccc34)c3ccccc23)c1. The minimum absolute atomic E-state index is 1.23. The first kappa shape index (κ1) is 28.5. The van der Waals surface area contributed by atoms with E-state index in [9.17, 15) is 0 Å². The summed E-state index contributed by atoms with van der Waals surface area (Å²) in [6.45, 7) is 0. The molecule has 236 valence electrons. The van der Waals surface area contributed by atoms with E-state index in [1.165, 1.54) is 107 Å². The van der Waals surface area contributed by atoms with Crippen LogP contribution in [-0.2, 0) is 0 Å². The van der Waals surface area contributed by atoms with Gasteiger partial charge in [-0.3, -0.25) is 0 Å². The summed E-state index contributed by atoms with van der Waals surface area (Å²) in [5.41, 5.74) is 7.55. The van der Waals surface area contributed by atoms with Crippen molar-refractivity contribution in [1.82, 2.24) is 0 Å². The Hall–Kier alpha value is -6.28. The minimum atomic E-state index is 1.23. The second-order valence-electron chi connectivity index (χ2n) is 13.6. The summed E-state index contributed by atoms with van der Waals surface area (Å²) in [7, 11) is 0. The van der Waals surface area contributed by atoms with Crippen LogP contribution < -0.4 is 0 Å². The van der Waals surface area contributed by atoms with Crippen molar-refractivity contribution in [3.05, 3.63) is 182 Å². The van der Waals surface area contributed by atoms with Crippen LogP contribution in [0.4, 0.5) is 0 Å². The van der Waals surface area contributed by atoms with Gasteiger partial charge in [-0.25, -0.2) is 0 Å². The maximum absolute atomic E-state index is 2.41. The molecule has 0 aliphatic carbocycles. The van der Waals surface area contributed by atoms with Crippen LogP contribution >= 0.6 is 11.3 Å². The number of benzene rings is 10. The van der Waals surface area contributed by atoms with E-state index in [-0.39, 0.29) is 0 Å². The molecular formula is C50H30S. The van der Waals surface area contributed by atoms with E-state index in [4.69, 9.17) is 0 Å². The van der Waals surface area contributed by atoms with E-state index < -0.39 is 0 Å². The maximum atomic E-state index is 2.41. The smallest absolute Gasteiger partial charge is 0.0434 e. The van der Waals surface area contributed by atoms with Crippen molar-refractivity contribution in [2.24, 2.45) is 0 Å². The van der Waals surface area contributed by atoms with E-state index >= 15 is 0 Å². The molecule has 11 aromatic rings.